The van der Waals surface area contributed by atoms with Gasteiger partial charge in [0.1, 0.15) is 0 Å². The molecule has 2 aromatic carbocycles. The van der Waals surface area contributed by atoms with Crippen molar-refractivity contribution < 1.29 is 4.21 Å². The van der Waals surface area contributed by atoms with Crippen LogP contribution in [-0.2, 0) is 10.8 Å². The molecule has 0 fully saturated rings. The predicted molar refractivity (Wildman–Crippen MR) is 101 cm³/mol. The molecule has 124 valence electrons. The number of anilines is 1. The van der Waals surface area contributed by atoms with E-state index in [9.17, 15) is 4.21 Å². The number of hydrogen-bond acceptors (Lipinski definition) is 3. The molecule has 0 amide bonds. The summed E-state index contributed by atoms with van der Waals surface area (Å²) in [5, 5.41) is 0.318. The topological polar surface area (TPSA) is 49.0 Å². The van der Waals surface area contributed by atoms with E-state index in [1.165, 1.54) is 0 Å². The van der Waals surface area contributed by atoms with Gasteiger partial charge in [-0.3, -0.25) is 4.21 Å². The fourth-order valence-electron chi connectivity index (χ4n) is 2.81. The van der Waals surface area contributed by atoms with E-state index >= 15 is 0 Å². The first kappa shape index (κ1) is 16.5. The molecule has 0 aliphatic carbocycles. The standard InChI is InChI=1S/C19H21N3OS/c1-4-9-18(14-10-5-8-13-17(14)22(2)3)24(23)19-20-15-11-6-7-12-16(15)21-19/h4-8,10-13,18H,1,9H2,2-3H3,(H,20,21). The number of aromatic nitrogens is 2. The van der Waals surface area contributed by atoms with Gasteiger partial charge in [-0.05, 0) is 30.2 Å². The highest BCUT2D eigenvalue weighted by Crippen LogP contribution is 2.34. The van der Waals surface area contributed by atoms with Crippen LogP contribution in [0.1, 0.15) is 17.2 Å². The van der Waals surface area contributed by atoms with Gasteiger partial charge in [0.15, 0.2) is 5.16 Å². The maximum Gasteiger partial charge on any atom is 0.198 e. The van der Waals surface area contributed by atoms with E-state index in [0.29, 0.717) is 11.6 Å². The van der Waals surface area contributed by atoms with Crippen molar-refractivity contribution in [3.8, 4) is 0 Å². The van der Waals surface area contributed by atoms with Crippen LogP contribution in [-0.4, -0.2) is 28.3 Å². The lowest BCUT2D eigenvalue weighted by Gasteiger charge is -2.22. The molecule has 0 aliphatic rings. The second kappa shape index (κ2) is 7.01. The number of para-hydroxylation sites is 3. The highest BCUT2D eigenvalue weighted by Gasteiger charge is 2.25. The number of fused-ring (bicyclic) bond motifs is 1. The number of aromatic amines is 1. The minimum absolute atomic E-state index is 0.193. The molecule has 0 saturated carbocycles. The average molecular weight is 339 g/mol. The Morgan fingerprint density at radius 3 is 2.62 bits per heavy atom. The van der Waals surface area contributed by atoms with Crippen LogP contribution in [0.5, 0.6) is 0 Å². The van der Waals surface area contributed by atoms with Gasteiger partial charge in [0, 0.05) is 19.8 Å². The summed E-state index contributed by atoms with van der Waals surface area (Å²) in [6.07, 6.45) is 2.44. The summed E-state index contributed by atoms with van der Waals surface area (Å²) in [6, 6.07) is 15.8. The van der Waals surface area contributed by atoms with Crippen LogP contribution < -0.4 is 4.90 Å². The Kier molecular flexibility index (Phi) is 4.81. The molecule has 24 heavy (non-hydrogen) atoms. The van der Waals surface area contributed by atoms with Crippen LogP contribution in [0.25, 0.3) is 11.0 Å². The molecule has 2 unspecified atom stereocenters. The number of rotatable bonds is 6. The fourth-order valence-corrected chi connectivity index (χ4v) is 4.22. The number of nitrogens with zero attached hydrogens (tertiary/aromatic N) is 2. The smallest absolute Gasteiger partial charge is 0.198 e. The maximum atomic E-state index is 13.2. The zero-order valence-corrected chi connectivity index (χ0v) is 14.7. The van der Waals surface area contributed by atoms with Crippen molar-refractivity contribution >= 4 is 27.5 Å². The Hall–Kier alpha value is -2.40. The van der Waals surface area contributed by atoms with E-state index in [-0.39, 0.29) is 5.25 Å². The molecule has 1 N–H and O–H groups in total. The minimum Gasteiger partial charge on any atom is -0.377 e. The van der Waals surface area contributed by atoms with E-state index in [1.807, 2.05) is 73.6 Å². The number of benzene rings is 2. The minimum atomic E-state index is -1.30. The summed E-state index contributed by atoms with van der Waals surface area (Å²) in [7, 11) is 2.69. The Morgan fingerprint density at radius 2 is 1.92 bits per heavy atom. The van der Waals surface area contributed by atoms with Crippen molar-refractivity contribution in [3.05, 3.63) is 66.7 Å². The van der Waals surface area contributed by atoms with Gasteiger partial charge in [0.2, 0.25) is 0 Å². The second-order valence-corrected chi connectivity index (χ2v) is 7.37. The molecule has 0 radical (unpaired) electrons. The molecule has 3 rings (SSSR count). The zero-order valence-electron chi connectivity index (χ0n) is 13.9. The van der Waals surface area contributed by atoms with E-state index in [2.05, 4.69) is 16.5 Å². The summed E-state index contributed by atoms with van der Waals surface area (Å²) in [5.41, 5.74) is 3.84. The maximum absolute atomic E-state index is 13.2. The molecule has 2 atom stereocenters. The van der Waals surface area contributed by atoms with E-state index in [1.54, 1.807) is 0 Å². The molecular weight excluding hydrogens is 318 g/mol. The van der Waals surface area contributed by atoms with Crippen molar-refractivity contribution in [2.24, 2.45) is 0 Å². The highest BCUT2D eigenvalue weighted by atomic mass is 32.2. The van der Waals surface area contributed by atoms with Crippen LogP contribution in [0.4, 0.5) is 5.69 Å². The van der Waals surface area contributed by atoms with Gasteiger partial charge >= 0.3 is 0 Å². The number of H-pyrrole nitrogens is 1. The van der Waals surface area contributed by atoms with Gasteiger partial charge in [-0.1, -0.05) is 36.4 Å². The molecule has 3 aromatic rings. The van der Waals surface area contributed by atoms with Gasteiger partial charge < -0.3 is 9.88 Å². The summed E-state index contributed by atoms with van der Waals surface area (Å²) in [5.74, 6) is 0. The molecule has 5 heteroatoms. The largest absolute Gasteiger partial charge is 0.377 e. The van der Waals surface area contributed by atoms with Gasteiger partial charge in [-0.2, -0.15) is 0 Å². The van der Waals surface area contributed by atoms with Crippen LogP contribution in [0.15, 0.2) is 66.3 Å². The first-order chi connectivity index (χ1) is 11.6. The van der Waals surface area contributed by atoms with E-state index < -0.39 is 10.8 Å². The monoisotopic (exact) mass is 339 g/mol. The van der Waals surface area contributed by atoms with Crippen molar-refractivity contribution in [1.29, 1.82) is 0 Å². The summed E-state index contributed by atoms with van der Waals surface area (Å²) < 4.78 is 13.2. The number of nitrogens with one attached hydrogen (secondary N) is 1. The number of hydrogen-bond donors (Lipinski definition) is 1. The first-order valence-electron chi connectivity index (χ1n) is 7.84. The molecular formula is C19H21N3OS. The molecule has 4 nitrogen and oxygen atoms in total. The Balaban J connectivity index is 2.04. The highest BCUT2D eigenvalue weighted by molar-refractivity contribution is 7.85. The van der Waals surface area contributed by atoms with Crippen molar-refractivity contribution in [2.45, 2.75) is 16.8 Å². The van der Waals surface area contributed by atoms with Crippen LogP contribution in [0.3, 0.4) is 0 Å². The second-order valence-electron chi connectivity index (χ2n) is 5.82. The molecule has 0 bridgehead atoms. The van der Waals surface area contributed by atoms with Gasteiger partial charge in [-0.15, -0.1) is 6.58 Å². The zero-order chi connectivity index (χ0) is 17.1. The van der Waals surface area contributed by atoms with E-state index in [4.69, 9.17) is 0 Å². The van der Waals surface area contributed by atoms with Gasteiger partial charge in [0.05, 0.1) is 27.1 Å². The lowest BCUT2D eigenvalue weighted by atomic mass is 10.1. The Labute approximate surface area is 144 Å². The number of imidazole rings is 1. The molecule has 0 saturated heterocycles. The van der Waals surface area contributed by atoms with Crippen molar-refractivity contribution in [2.75, 3.05) is 19.0 Å². The summed E-state index contributed by atoms with van der Waals surface area (Å²) >= 11 is 0. The third kappa shape index (κ3) is 3.12. The lowest BCUT2D eigenvalue weighted by Crippen LogP contribution is -2.15. The van der Waals surface area contributed by atoms with Crippen LogP contribution in [0.2, 0.25) is 0 Å². The van der Waals surface area contributed by atoms with E-state index in [0.717, 1.165) is 22.3 Å². The van der Waals surface area contributed by atoms with Gasteiger partial charge in [-0.25, -0.2) is 4.98 Å². The normalized spacial score (nSPS) is 13.6. The predicted octanol–water partition coefficient (Wildman–Crippen LogP) is 4.05. The third-order valence-electron chi connectivity index (χ3n) is 3.96. The molecule has 0 aliphatic heterocycles. The molecule has 1 heterocycles. The third-order valence-corrected chi connectivity index (χ3v) is 5.50. The fraction of sp³-hybridized carbons (Fsp3) is 0.211. The SMILES string of the molecule is C=CCC(c1ccccc1N(C)C)S(=O)c1nc2ccccc2[nH]1. The summed E-state index contributed by atoms with van der Waals surface area (Å²) in [6.45, 7) is 3.84. The van der Waals surface area contributed by atoms with Crippen LogP contribution >= 0.6 is 0 Å². The average Bonchev–Trinajstić information content (AvgIpc) is 3.03. The molecule has 0 spiro atoms. The number of allylic oxidation sites excluding steroid dienone is 1. The Bertz CT molecular complexity index is 852. The lowest BCUT2D eigenvalue weighted by molar-refractivity contribution is 0.666. The Morgan fingerprint density at radius 1 is 1.21 bits per heavy atom. The van der Waals surface area contributed by atoms with Crippen LogP contribution in [0, 0.1) is 0 Å². The quantitative estimate of drug-likeness (QED) is 0.689. The van der Waals surface area contributed by atoms with Crippen molar-refractivity contribution in [1.82, 2.24) is 9.97 Å². The first-order valence-corrected chi connectivity index (χ1v) is 9.05. The van der Waals surface area contributed by atoms with Gasteiger partial charge in [0.25, 0.3) is 0 Å². The molecule has 1 aromatic heterocycles. The summed E-state index contributed by atoms with van der Waals surface area (Å²) in [4.78, 5) is 9.75. The van der Waals surface area contributed by atoms with Crippen molar-refractivity contribution in [3.63, 3.8) is 0 Å².